The summed E-state index contributed by atoms with van der Waals surface area (Å²) >= 11 is 3.38. The van der Waals surface area contributed by atoms with E-state index < -0.39 is 22.7 Å². The van der Waals surface area contributed by atoms with Crippen molar-refractivity contribution in [3.63, 3.8) is 0 Å². The van der Waals surface area contributed by atoms with E-state index in [1.165, 1.54) is 29.2 Å². The number of hydrogen-bond donors (Lipinski definition) is 1. The smallest absolute Gasteiger partial charge is 0.300 e. The molecule has 0 aliphatic carbocycles. The Bertz CT molecular complexity index is 1250. The largest absolute Gasteiger partial charge is 0.507 e. The van der Waals surface area contributed by atoms with E-state index in [9.17, 15) is 24.8 Å². The zero-order valence-electron chi connectivity index (χ0n) is 16.9. The van der Waals surface area contributed by atoms with Gasteiger partial charge in [0, 0.05) is 27.9 Å². The molecule has 7 nitrogen and oxygen atoms in total. The minimum atomic E-state index is -0.860. The van der Waals surface area contributed by atoms with Crippen LogP contribution in [0, 0.1) is 17.0 Å². The predicted octanol–water partition coefficient (Wildman–Crippen LogP) is 5.29. The molecule has 1 aliphatic rings. The van der Waals surface area contributed by atoms with Gasteiger partial charge in [-0.2, -0.15) is 0 Å². The number of aliphatic hydroxyl groups is 1. The summed E-state index contributed by atoms with van der Waals surface area (Å²) in [6, 6.07) is 18.6. The molecule has 4 rings (SSSR count). The molecule has 3 aromatic carbocycles. The van der Waals surface area contributed by atoms with Crippen molar-refractivity contribution in [3.05, 3.63) is 110 Å². The van der Waals surface area contributed by atoms with Gasteiger partial charge in [-0.15, -0.1) is 0 Å². The lowest BCUT2D eigenvalue weighted by molar-refractivity contribution is -0.384. The highest BCUT2D eigenvalue weighted by molar-refractivity contribution is 9.10. The van der Waals surface area contributed by atoms with E-state index >= 15 is 0 Å². The van der Waals surface area contributed by atoms with Crippen LogP contribution in [0.5, 0.6) is 0 Å². The lowest BCUT2D eigenvalue weighted by atomic mass is 9.95. The van der Waals surface area contributed by atoms with Crippen LogP contribution in [0.15, 0.2) is 82.8 Å². The first-order chi connectivity index (χ1) is 15.3. The van der Waals surface area contributed by atoms with Gasteiger partial charge in [-0.1, -0.05) is 45.8 Å². The first-order valence-electron chi connectivity index (χ1n) is 9.66. The monoisotopic (exact) mass is 492 g/mol. The number of nitro groups is 1. The van der Waals surface area contributed by atoms with Crippen LogP contribution in [-0.4, -0.2) is 21.7 Å². The highest BCUT2D eigenvalue weighted by atomic mass is 79.9. The molecule has 1 atom stereocenters. The lowest BCUT2D eigenvalue weighted by Gasteiger charge is -2.25. The molecule has 0 radical (unpaired) electrons. The fourth-order valence-corrected chi connectivity index (χ4v) is 3.93. The molecule has 1 saturated heterocycles. The predicted molar refractivity (Wildman–Crippen MR) is 123 cm³/mol. The Labute approximate surface area is 191 Å². The number of nitro benzene ring substituents is 1. The number of anilines is 1. The fourth-order valence-electron chi connectivity index (χ4n) is 3.66. The minimum absolute atomic E-state index is 0.0771. The minimum Gasteiger partial charge on any atom is -0.507 e. The van der Waals surface area contributed by atoms with Gasteiger partial charge in [0.15, 0.2) is 0 Å². The Morgan fingerprint density at radius 2 is 1.56 bits per heavy atom. The van der Waals surface area contributed by atoms with E-state index in [0.717, 1.165) is 10.0 Å². The average Bonchev–Trinajstić information content (AvgIpc) is 3.05. The maximum atomic E-state index is 13.1. The second-order valence-electron chi connectivity index (χ2n) is 7.36. The van der Waals surface area contributed by atoms with Crippen molar-refractivity contribution in [3.8, 4) is 0 Å². The van der Waals surface area contributed by atoms with Crippen molar-refractivity contribution in [1.82, 2.24) is 0 Å². The second kappa shape index (κ2) is 8.39. The van der Waals surface area contributed by atoms with Crippen molar-refractivity contribution >= 4 is 44.8 Å². The molecule has 0 spiro atoms. The molecule has 32 heavy (non-hydrogen) atoms. The third kappa shape index (κ3) is 3.80. The first-order valence-corrected chi connectivity index (χ1v) is 10.4. The van der Waals surface area contributed by atoms with Gasteiger partial charge in [0.2, 0.25) is 0 Å². The second-order valence-corrected chi connectivity index (χ2v) is 8.28. The van der Waals surface area contributed by atoms with Gasteiger partial charge in [-0.05, 0) is 48.9 Å². The molecule has 1 N–H and O–H groups in total. The molecule has 160 valence electrons. The number of ketones is 1. The maximum Gasteiger partial charge on any atom is 0.300 e. The molecular weight excluding hydrogens is 476 g/mol. The van der Waals surface area contributed by atoms with Crippen molar-refractivity contribution in [2.45, 2.75) is 13.0 Å². The topological polar surface area (TPSA) is 101 Å². The van der Waals surface area contributed by atoms with E-state index in [4.69, 9.17) is 0 Å². The molecule has 0 unspecified atom stereocenters. The van der Waals surface area contributed by atoms with Gasteiger partial charge in [-0.25, -0.2) is 0 Å². The van der Waals surface area contributed by atoms with Crippen molar-refractivity contribution in [2.75, 3.05) is 4.90 Å². The molecule has 1 fully saturated rings. The normalized spacial score (nSPS) is 17.6. The number of halogens is 1. The number of carbonyl (C=O) groups excluding carboxylic acids is 2. The van der Waals surface area contributed by atoms with Crippen molar-refractivity contribution < 1.29 is 19.6 Å². The van der Waals surface area contributed by atoms with Gasteiger partial charge in [-0.3, -0.25) is 24.6 Å². The van der Waals surface area contributed by atoms with E-state index in [1.54, 1.807) is 36.4 Å². The number of non-ortho nitro benzene ring substituents is 1. The summed E-state index contributed by atoms with van der Waals surface area (Å²) in [6.45, 7) is 1.92. The number of aliphatic hydroxyl groups excluding tert-OH is 1. The molecule has 0 bridgehead atoms. The van der Waals surface area contributed by atoms with Gasteiger partial charge in [0.1, 0.15) is 5.76 Å². The zero-order chi connectivity index (χ0) is 23.0. The third-order valence-electron chi connectivity index (χ3n) is 5.29. The number of aryl methyl sites for hydroxylation is 1. The van der Waals surface area contributed by atoms with Crippen LogP contribution >= 0.6 is 15.9 Å². The van der Waals surface area contributed by atoms with E-state index in [-0.39, 0.29) is 22.6 Å². The Kier molecular flexibility index (Phi) is 5.63. The molecular formula is C24H17BrN2O5. The summed E-state index contributed by atoms with van der Waals surface area (Å²) in [5.41, 5.74) is 2.14. The van der Waals surface area contributed by atoms with Crippen LogP contribution in [0.25, 0.3) is 5.76 Å². The lowest BCUT2D eigenvalue weighted by Crippen LogP contribution is -2.29. The average molecular weight is 493 g/mol. The Morgan fingerprint density at radius 1 is 0.969 bits per heavy atom. The number of carbonyl (C=O) groups is 2. The van der Waals surface area contributed by atoms with E-state index in [2.05, 4.69) is 15.9 Å². The summed E-state index contributed by atoms with van der Waals surface area (Å²) in [5.74, 6) is -1.97. The van der Waals surface area contributed by atoms with Crippen molar-refractivity contribution in [1.29, 1.82) is 0 Å². The highest BCUT2D eigenvalue weighted by Crippen LogP contribution is 2.42. The van der Waals surface area contributed by atoms with Gasteiger partial charge in [0.05, 0.1) is 16.5 Å². The Morgan fingerprint density at radius 3 is 2.12 bits per heavy atom. The van der Waals surface area contributed by atoms with E-state index in [0.29, 0.717) is 11.3 Å². The molecule has 1 aliphatic heterocycles. The molecule has 0 saturated carbocycles. The quantitative estimate of drug-likeness (QED) is 0.175. The molecule has 0 aromatic heterocycles. The summed E-state index contributed by atoms with van der Waals surface area (Å²) in [4.78, 5) is 37.9. The molecule has 8 heteroatoms. The molecule has 1 amide bonds. The summed E-state index contributed by atoms with van der Waals surface area (Å²) in [7, 11) is 0. The number of Topliss-reactive ketones (excluding diaryl/α,β-unsaturated/α-hetero) is 1. The van der Waals surface area contributed by atoms with Crippen LogP contribution < -0.4 is 4.90 Å². The van der Waals surface area contributed by atoms with Gasteiger partial charge >= 0.3 is 0 Å². The fraction of sp³-hybridized carbons (Fsp3) is 0.0833. The van der Waals surface area contributed by atoms with Crippen LogP contribution in [0.4, 0.5) is 11.4 Å². The number of nitrogens with zero attached hydrogens (tertiary/aromatic N) is 2. The van der Waals surface area contributed by atoms with Crippen molar-refractivity contribution in [2.24, 2.45) is 0 Å². The number of amides is 1. The number of rotatable bonds is 4. The van der Waals surface area contributed by atoms with Crippen LogP contribution in [0.1, 0.15) is 22.7 Å². The maximum absolute atomic E-state index is 13.1. The first kappa shape index (κ1) is 21.5. The SMILES string of the molecule is Cc1ccc(N2C(=O)C(=O)/C(=C(/O)c3ccc([N+](=O)[O-])cc3)[C@H]2c2ccc(Br)cc2)cc1. The Hall–Kier alpha value is -3.78. The van der Waals surface area contributed by atoms with Crippen LogP contribution in [0.2, 0.25) is 0 Å². The summed E-state index contributed by atoms with van der Waals surface area (Å²) < 4.78 is 0.823. The standard InChI is InChI=1S/C24H17BrN2O5/c1-14-2-10-18(11-3-14)26-21(15-4-8-17(25)9-5-15)20(23(29)24(26)30)22(28)16-6-12-19(13-7-16)27(31)32/h2-13,21,28H,1H3/b22-20+/t21-/m1/s1. The zero-order valence-corrected chi connectivity index (χ0v) is 18.4. The van der Waals surface area contributed by atoms with Crippen LogP contribution in [-0.2, 0) is 9.59 Å². The number of hydrogen-bond acceptors (Lipinski definition) is 5. The van der Waals surface area contributed by atoms with Crippen LogP contribution in [0.3, 0.4) is 0 Å². The highest BCUT2D eigenvalue weighted by Gasteiger charge is 2.46. The molecule has 1 heterocycles. The summed E-state index contributed by atoms with van der Waals surface area (Å²) in [6.07, 6.45) is 0. The van der Waals surface area contributed by atoms with E-state index in [1.807, 2.05) is 19.1 Å². The summed E-state index contributed by atoms with van der Waals surface area (Å²) in [5, 5.41) is 22.0. The molecule has 3 aromatic rings. The van der Waals surface area contributed by atoms with Gasteiger partial charge in [0.25, 0.3) is 17.4 Å². The third-order valence-corrected chi connectivity index (χ3v) is 5.82. The Balaban J connectivity index is 1.90. The number of benzene rings is 3. The van der Waals surface area contributed by atoms with Gasteiger partial charge < -0.3 is 5.11 Å².